The van der Waals surface area contributed by atoms with E-state index in [0.29, 0.717) is 24.5 Å². The van der Waals surface area contributed by atoms with E-state index in [0.717, 1.165) is 24.3 Å². The van der Waals surface area contributed by atoms with Crippen LogP contribution >= 0.6 is 0 Å². The number of hydrogen-bond donors (Lipinski definition) is 0. The Morgan fingerprint density at radius 2 is 1.42 bits per heavy atom. The first-order valence-corrected chi connectivity index (χ1v) is 8.16. The summed E-state index contributed by atoms with van der Waals surface area (Å²) >= 11 is 0. The van der Waals surface area contributed by atoms with Crippen LogP contribution in [0.5, 0.6) is 11.5 Å². The third-order valence-electron chi connectivity index (χ3n) is 3.23. The largest absolute Gasteiger partial charge is 0.494 e. The third kappa shape index (κ3) is 5.83. The van der Waals surface area contributed by atoms with Gasteiger partial charge >= 0.3 is 5.97 Å². The second-order valence-corrected chi connectivity index (χ2v) is 5.20. The van der Waals surface area contributed by atoms with Crippen LogP contribution in [0.2, 0.25) is 0 Å². The molecule has 0 heterocycles. The highest BCUT2D eigenvalue weighted by atomic mass is 16.5. The average molecular weight is 326 g/mol. The maximum Gasteiger partial charge on any atom is 0.311 e. The van der Waals surface area contributed by atoms with Gasteiger partial charge in [-0.15, -0.1) is 0 Å². The van der Waals surface area contributed by atoms with Crippen molar-refractivity contribution in [3.8, 4) is 11.5 Å². The molecule has 24 heavy (non-hydrogen) atoms. The third-order valence-corrected chi connectivity index (χ3v) is 3.23. The molecule has 2 aromatic rings. The van der Waals surface area contributed by atoms with Crippen molar-refractivity contribution in [2.24, 2.45) is 10.2 Å². The number of hydrogen-bond acceptors (Lipinski definition) is 5. The minimum atomic E-state index is -0.208. The summed E-state index contributed by atoms with van der Waals surface area (Å²) in [4.78, 5) is 11.6. The Kier molecular flexibility index (Phi) is 6.95. The summed E-state index contributed by atoms with van der Waals surface area (Å²) in [5, 5.41) is 8.34. The number of ether oxygens (including phenoxy) is 2. The van der Waals surface area contributed by atoms with Gasteiger partial charge in [-0.2, -0.15) is 10.2 Å². The van der Waals surface area contributed by atoms with E-state index in [-0.39, 0.29) is 5.97 Å². The zero-order chi connectivity index (χ0) is 17.2. The number of carbonyl (C=O) groups is 1. The van der Waals surface area contributed by atoms with Crippen LogP contribution in [0, 0.1) is 0 Å². The summed E-state index contributed by atoms with van der Waals surface area (Å²) in [6.07, 6.45) is 2.25. The number of rotatable bonds is 8. The predicted molar refractivity (Wildman–Crippen MR) is 93.4 cm³/mol. The van der Waals surface area contributed by atoms with Crippen molar-refractivity contribution >= 4 is 17.3 Å². The van der Waals surface area contributed by atoms with Crippen LogP contribution in [-0.4, -0.2) is 12.6 Å². The standard InChI is InChI=1S/C19H22N2O3/c1-3-5-6-19(22)24-18-13-9-16(10-14-18)21-20-15-7-11-17(12-8-15)23-4-2/h7-14H,3-6H2,1-2H3/b21-20+. The molecule has 0 aliphatic carbocycles. The SMILES string of the molecule is CCCCC(=O)Oc1ccc(/N=N/c2ccc(OCC)cc2)cc1. The molecule has 126 valence electrons. The van der Waals surface area contributed by atoms with Crippen LogP contribution in [0.3, 0.4) is 0 Å². The van der Waals surface area contributed by atoms with E-state index < -0.39 is 0 Å². The van der Waals surface area contributed by atoms with E-state index in [2.05, 4.69) is 10.2 Å². The zero-order valence-electron chi connectivity index (χ0n) is 14.1. The van der Waals surface area contributed by atoms with Crippen molar-refractivity contribution < 1.29 is 14.3 Å². The highest BCUT2D eigenvalue weighted by Crippen LogP contribution is 2.23. The van der Waals surface area contributed by atoms with Crippen LogP contribution < -0.4 is 9.47 Å². The Balaban J connectivity index is 1.92. The smallest absolute Gasteiger partial charge is 0.311 e. The molecule has 0 saturated heterocycles. The lowest BCUT2D eigenvalue weighted by Crippen LogP contribution is -2.06. The minimum Gasteiger partial charge on any atom is -0.494 e. The van der Waals surface area contributed by atoms with E-state index in [1.165, 1.54) is 0 Å². The lowest BCUT2D eigenvalue weighted by molar-refractivity contribution is -0.134. The lowest BCUT2D eigenvalue weighted by atomic mass is 10.2. The molecule has 0 spiro atoms. The Morgan fingerprint density at radius 1 is 0.875 bits per heavy atom. The summed E-state index contributed by atoms with van der Waals surface area (Å²) in [6, 6.07) is 14.4. The molecular formula is C19H22N2O3. The quantitative estimate of drug-likeness (QED) is 0.360. The van der Waals surface area contributed by atoms with E-state index in [4.69, 9.17) is 9.47 Å². The molecule has 5 nitrogen and oxygen atoms in total. The Bertz CT molecular complexity index is 664. The van der Waals surface area contributed by atoms with Gasteiger partial charge in [-0.05, 0) is 61.9 Å². The van der Waals surface area contributed by atoms with Crippen molar-refractivity contribution in [3.63, 3.8) is 0 Å². The van der Waals surface area contributed by atoms with Crippen LogP contribution in [0.1, 0.15) is 33.1 Å². The van der Waals surface area contributed by atoms with Crippen molar-refractivity contribution in [2.45, 2.75) is 33.1 Å². The summed E-state index contributed by atoms with van der Waals surface area (Å²) in [5.74, 6) is 1.13. The highest BCUT2D eigenvalue weighted by Gasteiger charge is 2.03. The van der Waals surface area contributed by atoms with Crippen molar-refractivity contribution in [2.75, 3.05) is 6.61 Å². The highest BCUT2D eigenvalue weighted by molar-refractivity contribution is 5.72. The maximum atomic E-state index is 11.6. The Hall–Kier alpha value is -2.69. The van der Waals surface area contributed by atoms with Gasteiger partial charge in [0.15, 0.2) is 0 Å². The molecular weight excluding hydrogens is 304 g/mol. The molecule has 0 aliphatic heterocycles. The molecule has 0 bridgehead atoms. The molecule has 0 radical (unpaired) electrons. The summed E-state index contributed by atoms with van der Waals surface area (Å²) < 4.78 is 10.6. The molecule has 2 rings (SSSR count). The van der Waals surface area contributed by atoms with Gasteiger partial charge < -0.3 is 9.47 Å². The normalized spacial score (nSPS) is 10.8. The summed E-state index contributed by atoms with van der Waals surface area (Å²) in [5.41, 5.74) is 1.44. The molecule has 0 amide bonds. The first-order valence-electron chi connectivity index (χ1n) is 8.16. The molecule has 0 atom stereocenters. The number of nitrogens with zero attached hydrogens (tertiary/aromatic N) is 2. The fourth-order valence-electron chi connectivity index (χ4n) is 1.98. The van der Waals surface area contributed by atoms with Crippen LogP contribution in [-0.2, 0) is 4.79 Å². The molecule has 0 unspecified atom stereocenters. The van der Waals surface area contributed by atoms with Gasteiger partial charge in [0.2, 0.25) is 0 Å². The molecule has 0 fully saturated rings. The molecule has 0 aliphatic rings. The van der Waals surface area contributed by atoms with Gasteiger partial charge in [-0.25, -0.2) is 0 Å². The van der Waals surface area contributed by atoms with Crippen molar-refractivity contribution in [1.82, 2.24) is 0 Å². The van der Waals surface area contributed by atoms with E-state index in [1.807, 2.05) is 38.1 Å². The second-order valence-electron chi connectivity index (χ2n) is 5.20. The first-order chi connectivity index (χ1) is 11.7. The number of carbonyl (C=O) groups excluding carboxylic acids is 1. The van der Waals surface area contributed by atoms with E-state index in [1.54, 1.807) is 24.3 Å². The predicted octanol–water partition coefficient (Wildman–Crippen LogP) is 5.60. The van der Waals surface area contributed by atoms with Gasteiger partial charge in [-0.1, -0.05) is 13.3 Å². The fourth-order valence-corrected chi connectivity index (χ4v) is 1.98. The van der Waals surface area contributed by atoms with Crippen LogP contribution in [0.15, 0.2) is 58.8 Å². The van der Waals surface area contributed by atoms with E-state index >= 15 is 0 Å². The summed E-state index contributed by atoms with van der Waals surface area (Å²) in [6.45, 7) is 4.62. The molecule has 0 N–H and O–H groups in total. The van der Waals surface area contributed by atoms with Gasteiger partial charge in [-0.3, -0.25) is 4.79 Å². The first kappa shape index (κ1) is 17.7. The van der Waals surface area contributed by atoms with Crippen molar-refractivity contribution in [1.29, 1.82) is 0 Å². The average Bonchev–Trinajstić information content (AvgIpc) is 2.61. The Labute approximate surface area is 142 Å². The fraction of sp³-hybridized carbons (Fsp3) is 0.316. The van der Waals surface area contributed by atoms with Gasteiger partial charge in [0.25, 0.3) is 0 Å². The lowest BCUT2D eigenvalue weighted by Gasteiger charge is -2.03. The minimum absolute atomic E-state index is 0.208. The summed E-state index contributed by atoms with van der Waals surface area (Å²) in [7, 11) is 0. The number of unbranched alkanes of at least 4 members (excludes halogenated alkanes) is 1. The van der Waals surface area contributed by atoms with E-state index in [9.17, 15) is 4.79 Å². The second kappa shape index (κ2) is 9.45. The number of azo groups is 1. The van der Waals surface area contributed by atoms with Gasteiger partial charge in [0.05, 0.1) is 18.0 Å². The topological polar surface area (TPSA) is 60.2 Å². The molecule has 0 saturated carbocycles. The zero-order valence-corrected chi connectivity index (χ0v) is 14.1. The number of benzene rings is 2. The van der Waals surface area contributed by atoms with Gasteiger partial charge in [0.1, 0.15) is 11.5 Å². The molecule has 2 aromatic carbocycles. The number of esters is 1. The Morgan fingerprint density at radius 3 is 1.92 bits per heavy atom. The maximum absolute atomic E-state index is 11.6. The van der Waals surface area contributed by atoms with Crippen molar-refractivity contribution in [3.05, 3.63) is 48.5 Å². The van der Waals surface area contributed by atoms with Gasteiger partial charge in [0, 0.05) is 6.42 Å². The van der Waals surface area contributed by atoms with Crippen LogP contribution in [0.4, 0.5) is 11.4 Å². The van der Waals surface area contributed by atoms with Crippen LogP contribution in [0.25, 0.3) is 0 Å². The molecule has 5 heteroatoms. The molecule has 0 aromatic heterocycles. The monoisotopic (exact) mass is 326 g/mol.